The summed E-state index contributed by atoms with van der Waals surface area (Å²) in [5.41, 5.74) is 1.29. The van der Waals surface area contributed by atoms with Crippen LogP contribution in [0.4, 0.5) is 13.2 Å². The van der Waals surface area contributed by atoms with Crippen LogP contribution in [0.25, 0.3) is 0 Å². The molecular weight excluding hydrogens is 283 g/mol. The number of halogens is 3. The van der Waals surface area contributed by atoms with Crippen molar-refractivity contribution in [3.63, 3.8) is 0 Å². The van der Waals surface area contributed by atoms with E-state index in [1.165, 1.54) is 37.9 Å². The summed E-state index contributed by atoms with van der Waals surface area (Å²) in [5, 5.41) is 0. The van der Waals surface area contributed by atoms with E-state index in [4.69, 9.17) is 9.47 Å². The standard InChI is InChI=1S/C11H10F3NO5/c1-18-7-3-6(4-8(5-7)19-2)9(16)15-20-10(17)11(12,13)14/h3-5H,1-2H3,(H,15,16). The Morgan fingerprint density at radius 2 is 1.55 bits per heavy atom. The number of ether oxygens (including phenoxy) is 2. The number of benzene rings is 1. The second kappa shape index (κ2) is 6.13. The van der Waals surface area contributed by atoms with Crippen LogP contribution in [0, 0.1) is 0 Å². The van der Waals surface area contributed by atoms with Gasteiger partial charge in [-0.15, -0.1) is 0 Å². The van der Waals surface area contributed by atoms with Gasteiger partial charge in [0, 0.05) is 11.6 Å². The molecule has 0 heterocycles. The fourth-order valence-electron chi connectivity index (χ4n) is 1.15. The van der Waals surface area contributed by atoms with Crippen LogP contribution in [0.2, 0.25) is 0 Å². The van der Waals surface area contributed by atoms with Gasteiger partial charge in [0.05, 0.1) is 14.2 Å². The number of hydroxylamine groups is 1. The Hall–Kier alpha value is -2.45. The van der Waals surface area contributed by atoms with Crippen LogP contribution in [0.3, 0.4) is 0 Å². The van der Waals surface area contributed by atoms with E-state index in [9.17, 15) is 22.8 Å². The molecule has 0 aromatic heterocycles. The monoisotopic (exact) mass is 293 g/mol. The second-order valence-electron chi connectivity index (χ2n) is 3.42. The molecule has 1 aromatic rings. The lowest BCUT2D eigenvalue weighted by Gasteiger charge is -2.09. The molecule has 0 aliphatic heterocycles. The summed E-state index contributed by atoms with van der Waals surface area (Å²) in [6, 6.07) is 3.93. The molecule has 0 bridgehead atoms. The van der Waals surface area contributed by atoms with Gasteiger partial charge >= 0.3 is 12.1 Å². The molecule has 1 N–H and O–H groups in total. The van der Waals surface area contributed by atoms with E-state index in [0.29, 0.717) is 0 Å². The van der Waals surface area contributed by atoms with Crippen LogP contribution in [0.1, 0.15) is 10.4 Å². The molecule has 0 saturated heterocycles. The molecule has 0 fully saturated rings. The van der Waals surface area contributed by atoms with Crippen molar-refractivity contribution < 1.29 is 37.1 Å². The van der Waals surface area contributed by atoms with E-state index < -0.39 is 18.1 Å². The van der Waals surface area contributed by atoms with Crippen molar-refractivity contribution in [2.45, 2.75) is 6.18 Å². The summed E-state index contributed by atoms with van der Waals surface area (Å²) < 4.78 is 45.4. The Morgan fingerprint density at radius 3 is 1.95 bits per heavy atom. The highest BCUT2D eigenvalue weighted by atomic mass is 19.4. The largest absolute Gasteiger partial charge is 0.497 e. The number of alkyl halides is 3. The van der Waals surface area contributed by atoms with Crippen LogP contribution in [0.15, 0.2) is 18.2 Å². The maximum absolute atomic E-state index is 11.9. The van der Waals surface area contributed by atoms with Crippen molar-refractivity contribution in [1.82, 2.24) is 5.48 Å². The summed E-state index contributed by atoms with van der Waals surface area (Å²) in [6.07, 6.45) is -5.20. The van der Waals surface area contributed by atoms with Gasteiger partial charge in [0.15, 0.2) is 0 Å². The molecule has 0 aliphatic carbocycles. The zero-order valence-electron chi connectivity index (χ0n) is 10.4. The molecule has 1 rings (SSSR count). The maximum atomic E-state index is 11.9. The van der Waals surface area contributed by atoms with Crippen molar-refractivity contribution in [3.8, 4) is 11.5 Å². The van der Waals surface area contributed by atoms with Crippen molar-refractivity contribution in [2.75, 3.05) is 14.2 Å². The number of nitrogens with one attached hydrogen (secondary N) is 1. The van der Waals surface area contributed by atoms with Gasteiger partial charge in [0.1, 0.15) is 11.5 Å². The molecule has 1 aromatic carbocycles. The molecule has 110 valence electrons. The molecule has 1 amide bonds. The first-order chi connectivity index (χ1) is 9.27. The molecule has 0 atom stereocenters. The number of hydrogen-bond donors (Lipinski definition) is 1. The first-order valence-electron chi connectivity index (χ1n) is 5.09. The number of amides is 1. The lowest BCUT2D eigenvalue weighted by atomic mass is 10.2. The van der Waals surface area contributed by atoms with Crippen molar-refractivity contribution in [2.24, 2.45) is 0 Å². The first-order valence-corrected chi connectivity index (χ1v) is 5.09. The minimum absolute atomic E-state index is 0.101. The van der Waals surface area contributed by atoms with E-state index in [-0.39, 0.29) is 17.1 Å². The summed E-state index contributed by atoms with van der Waals surface area (Å²) in [5.74, 6) is -3.09. The van der Waals surface area contributed by atoms with Gasteiger partial charge in [-0.3, -0.25) is 4.79 Å². The average Bonchev–Trinajstić information content (AvgIpc) is 2.42. The van der Waals surface area contributed by atoms with E-state index in [2.05, 4.69) is 4.84 Å². The zero-order chi connectivity index (χ0) is 15.3. The zero-order valence-corrected chi connectivity index (χ0v) is 10.4. The number of carbonyl (C=O) groups excluding carboxylic acids is 2. The number of carbonyl (C=O) groups is 2. The van der Waals surface area contributed by atoms with Gasteiger partial charge in [-0.2, -0.15) is 18.7 Å². The lowest BCUT2D eigenvalue weighted by molar-refractivity contribution is -0.204. The fourth-order valence-corrected chi connectivity index (χ4v) is 1.15. The molecule has 0 radical (unpaired) electrons. The van der Waals surface area contributed by atoms with Gasteiger partial charge in [-0.25, -0.2) is 4.79 Å². The van der Waals surface area contributed by atoms with E-state index >= 15 is 0 Å². The van der Waals surface area contributed by atoms with Gasteiger partial charge in [0.25, 0.3) is 5.91 Å². The number of methoxy groups -OCH3 is 2. The third kappa shape index (κ3) is 4.04. The Balaban J connectivity index is 2.80. The van der Waals surface area contributed by atoms with Crippen molar-refractivity contribution in [3.05, 3.63) is 23.8 Å². The van der Waals surface area contributed by atoms with Crippen LogP contribution in [-0.2, 0) is 9.63 Å². The quantitative estimate of drug-likeness (QED) is 0.854. The van der Waals surface area contributed by atoms with Crippen LogP contribution in [-0.4, -0.2) is 32.3 Å². The maximum Gasteiger partial charge on any atom is 0.493 e. The normalized spacial score (nSPS) is 10.7. The van der Waals surface area contributed by atoms with Crippen molar-refractivity contribution >= 4 is 11.9 Å². The Morgan fingerprint density at radius 1 is 1.05 bits per heavy atom. The van der Waals surface area contributed by atoms with E-state index in [1.807, 2.05) is 0 Å². The van der Waals surface area contributed by atoms with Gasteiger partial charge in [-0.1, -0.05) is 0 Å². The lowest BCUT2D eigenvalue weighted by Crippen LogP contribution is -2.34. The second-order valence-corrected chi connectivity index (χ2v) is 3.42. The Bertz CT molecular complexity index is 493. The number of hydrogen-bond acceptors (Lipinski definition) is 5. The SMILES string of the molecule is COc1cc(OC)cc(C(=O)NOC(=O)C(F)(F)F)c1. The molecular formula is C11H10F3NO5. The van der Waals surface area contributed by atoms with Crippen LogP contribution >= 0.6 is 0 Å². The molecule has 0 saturated carbocycles. The summed E-state index contributed by atoms with van der Waals surface area (Å²) >= 11 is 0. The van der Waals surface area contributed by atoms with Crippen molar-refractivity contribution in [1.29, 1.82) is 0 Å². The topological polar surface area (TPSA) is 73.9 Å². The smallest absolute Gasteiger partial charge is 0.493 e. The highest BCUT2D eigenvalue weighted by Gasteiger charge is 2.42. The summed E-state index contributed by atoms with van der Waals surface area (Å²) in [6.45, 7) is 0. The minimum Gasteiger partial charge on any atom is -0.497 e. The van der Waals surface area contributed by atoms with E-state index in [1.54, 1.807) is 0 Å². The molecule has 20 heavy (non-hydrogen) atoms. The molecule has 9 heteroatoms. The van der Waals surface area contributed by atoms with Gasteiger partial charge < -0.3 is 14.3 Å². The third-order valence-corrected chi connectivity index (χ3v) is 2.08. The summed E-state index contributed by atoms with van der Waals surface area (Å²) in [4.78, 5) is 25.6. The van der Waals surface area contributed by atoms with Crippen LogP contribution < -0.4 is 15.0 Å². The molecule has 0 aliphatic rings. The minimum atomic E-state index is -5.20. The first kappa shape index (κ1) is 15.6. The predicted octanol–water partition coefficient (Wildman–Crippen LogP) is 1.45. The predicted molar refractivity (Wildman–Crippen MR) is 59.2 cm³/mol. The Kier molecular flexibility index (Phi) is 4.78. The van der Waals surface area contributed by atoms with E-state index in [0.717, 1.165) is 0 Å². The molecule has 0 unspecified atom stereocenters. The third-order valence-electron chi connectivity index (χ3n) is 2.08. The summed E-state index contributed by atoms with van der Waals surface area (Å²) in [7, 11) is 2.67. The van der Waals surface area contributed by atoms with Gasteiger partial charge in [-0.05, 0) is 12.1 Å². The molecule has 0 spiro atoms. The highest BCUT2D eigenvalue weighted by Crippen LogP contribution is 2.22. The number of rotatable bonds is 3. The Labute approximate surface area is 111 Å². The van der Waals surface area contributed by atoms with Gasteiger partial charge in [0.2, 0.25) is 0 Å². The molecule has 6 nitrogen and oxygen atoms in total. The fraction of sp³-hybridized carbons (Fsp3) is 0.273. The average molecular weight is 293 g/mol. The highest BCUT2D eigenvalue weighted by molar-refractivity contribution is 5.95. The van der Waals surface area contributed by atoms with Crippen LogP contribution in [0.5, 0.6) is 11.5 Å².